The first-order valence-corrected chi connectivity index (χ1v) is 5.93. The number of carbonyl (C=O) groups excluding carboxylic acids is 1. The normalized spacial score (nSPS) is 22.2. The molecule has 2 aliphatic rings. The molecular weight excluding hydrogens is 236 g/mol. The van der Waals surface area contributed by atoms with Gasteiger partial charge in [-0.1, -0.05) is 24.3 Å². The molecule has 4 heteroatoms. The summed E-state index contributed by atoms with van der Waals surface area (Å²) in [5, 5.41) is 6.35. The van der Waals surface area contributed by atoms with Gasteiger partial charge in [0.1, 0.15) is 0 Å². The lowest BCUT2D eigenvalue weighted by molar-refractivity contribution is -0.123. The van der Waals surface area contributed by atoms with E-state index in [1.165, 1.54) is 11.1 Å². The molecule has 2 N–H and O–H groups in total. The van der Waals surface area contributed by atoms with Gasteiger partial charge in [-0.2, -0.15) is 0 Å². The number of hydrogen-bond acceptors (Lipinski definition) is 2. The number of benzene rings is 1. The summed E-state index contributed by atoms with van der Waals surface area (Å²) in [6, 6.07) is 8.73. The van der Waals surface area contributed by atoms with E-state index >= 15 is 0 Å². The Labute approximate surface area is 107 Å². The van der Waals surface area contributed by atoms with Crippen LogP contribution in [0.25, 0.3) is 0 Å². The minimum atomic E-state index is -0.0458. The van der Waals surface area contributed by atoms with Crippen LogP contribution in [0.15, 0.2) is 24.3 Å². The van der Waals surface area contributed by atoms with Gasteiger partial charge in [-0.05, 0) is 30.4 Å². The van der Waals surface area contributed by atoms with Crippen molar-refractivity contribution in [3.05, 3.63) is 35.4 Å². The molecule has 1 saturated carbocycles. The molecule has 0 spiro atoms. The van der Waals surface area contributed by atoms with E-state index < -0.39 is 0 Å². The van der Waals surface area contributed by atoms with E-state index in [1.54, 1.807) is 0 Å². The van der Waals surface area contributed by atoms with E-state index in [4.69, 9.17) is 0 Å². The monoisotopic (exact) mass is 252 g/mol. The largest absolute Gasteiger partial charge is 0.352 e. The standard InChI is InChI=1S/C13H16N2O.ClH/c16-13(15-11-5-6-11)12-7-9-3-1-2-4-10(9)8-14-12;/h1-4,11-12,14H,5-8H2,(H,15,16);1H. The maximum atomic E-state index is 11.9. The van der Waals surface area contributed by atoms with Crippen molar-refractivity contribution >= 4 is 18.3 Å². The number of amides is 1. The summed E-state index contributed by atoms with van der Waals surface area (Å²) in [5.41, 5.74) is 2.62. The predicted molar refractivity (Wildman–Crippen MR) is 69.2 cm³/mol. The van der Waals surface area contributed by atoms with Gasteiger partial charge >= 0.3 is 0 Å². The maximum Gasteiger partial charge on any atom is 0.237 e. The van der Waals surface area contributed by atoms with Crippen LogP contribution in [0.5, 0.6) is 0 Å². The molecule has 1 amide bonds. The van der Waals surface area contributed by atoms with Crippen LogP contribution in [-0.4, -0.2) is 18.0 Å². The Bertz CT molecular complexity index is 418. The smallest absolute Gasteiger partial charge is 0.237 e. The van der Waals surface area contributed by atoms with Gasteiger partial charge in [0.25, 0.3) is 0 Å². The van der Waals surface area contributed by atoms with E-state index in [0.717, 1.165) is 25.8 Å². The lowest BCUT2D eigenvalue weighted by atomic mass is 9.95. The van der Waals surface area contributed by atoms with Gasteiger partial charge in [-0.3, -0.25) is 4.79 Å². The molecule has 1 unspecified atom stereocenters. The van der Waals surface area contributed by atoms with Crippen molar-refractivity contribution in [1.82, 2.24) is 10.6 Å². The van der Waals surface area contributed by atoms with E-state index in [2.05, 4.69) is 22.8 Å². The number of nitrogens with one attached hydrogen (secondary N) is 2. The first-order valence-electron chi connectivity index (χ1n) is 5.93. The number of fused-ring (bicyclic) bond motifs is 1. The average molecular weight is 253 g/mol. The third kappa shape index (κ3) is 2.79. The molecule has 0 radical (unpaired) electrons. The molecule has 1 heterocycles. The van der Waals surface area contributed by atoms with E-state index in [-0.39, 0.29) is 24.4 Å². The molecule has 3 nitrogen and oxygen atoms in total. The second-order valence-corrected chi connectivity index (χ2v) is 4.69. The van der Waals surface area contributed by atoms with Crippen LogP contribution in [0.1, 0.15) is 24.0 Å². The van der Waals surface area contributed by atoms with Crippen LogP contribution in [0.2, 0.25) is 0 Å². The zero-order valence-electron chi connectivity index (χ0n) is 9.61. The van der Waals surface area contributed by atoms with Gasteiger partial charge in [-0.15, -0.1) is 12.4 Å². The van der Waals surface area contributed by atoms with E-state index in [9.17, 15) is 4.79 Å². The molecule has 0 saturated heterocycles. The SMILES string of the molecule is Cl.O=C(NC1CC1)C1Cc2ccccc2CN1. The Hall–Kier alpha value is -1.06. The number of hydrogen-bond donors (Lipinski definition) is 2. The van der Waals surface area contributed by atoms with Crippen LogP contribution >= 0.6 is 12.4 Å². The summed E-state index contributed by atoms with van der Waals surface area (Å²) < 4.78 is 0. The summed E-state index contributed by atoms with van der Waals surface area (Å²) in [5.74, 6) is 0.164. The maximum absolute atomic E-state index is 11.9. The molecular formula is C13H17ClN2O. The van der Waals surface area contributed by atoms with Crippen LogP contribution in [0, 0.1) is 0 Å². The lowest BCUT2D eigenvalue weighted by Gasteiger charge is -2.25. The van der Waals surface area contributed by atoms with E-state index in [1.807, 2.05) is 12.1 Å². The summed E-state index contributed by atoms with van der Waals surface area (Å²) in [6.45, 7) is 0.804. The highest BCUT2D eigenvalue weighted by atomic mass is 35.5. The van der Waals surface area contributed by atoms with Crippen LogP contribution in [-0.2, 0) is 17.8 Å². The van der Waals surface area contributed by atoms with Gasteiger partial charge in [-0.25, -0.2) is 0 Å². The first-order chi connectivity index (χ1) is 7.83. The molecule has 1 aliphatic heterocycles. The van der Waals surface area contributed by atoms with Crippen molar-refractivity contribution in [2.75, 3.05) is 0 Å². The van der Waals surface area contributed by atoms with Gasteiger partial charge in [0.15, 0.2) is 0 Å². The van der Waals surface area contributed by atoms with Crippen molar-refractivity contribution in [1.29, 1.82) is 0 Å². The van der Waals surface area contributed by atoms with Crippen molar-refractivity contribution in [2.45, 2.75) is 37.9 Å². The highest BCUT2D eigenvalue weighted by Crippen LogP contribution is 2.20. The summed E-state index contributed by atoms with van der Waals surface area (Å²) >= 11 is 0. The Balaban J connectivity index is 0.00000108. The molecule has 0 bridgehead atoms. The average Bonchev–Trinajstić information content (AvgIpc) is 3.12. The number of halogens is 1. The highest BCUT2D eigenvalue weighted by Gasteiger charge is 2.29. The first kappa shape index (κ1) is 12.4. The van der Waals surface area contributed by atoms with Crippen molar-refractivity contribution in [3.8, 4) is 0 Å². The summed E-state index contributed by atoms with van der Waals surface area (Å²) in [7, 11) is 0. The van der Waals surface area contributed by atoms with Gasteiger partial charge < -0.3 is 10.6 Å². The fraction of sp³-hybridized carbons (Fsp3) is 0.462. The predicted octanol–water partition coefficient (Wildman–Crippen LogP) is 1.40. The third-order valence-corrected chi connectivity index (χ3v) is 3.32. The molecule has 1 fully saturated rings. The van der Waals surface area contributed by atoms with Gasteiger partial charge in [0, 0.05) is 12.6 Å². The van der Waals surface area contributed by atoms with Crippen LogP contribution in [0.4, 0.5) is 0 Å². The molecule has 92 valence electrons. The number of carbonyl (C=O) groups is 1. The molecule has 1 aromatic carbocycles. The second-order valence-electron chi connectivity index (χ2n) is 4.69. The zero-order valence-corrected chi connectivity index (χ0v) is 10.4. The number of rotatable bonds is 2. The molecule has 1 aromatic rings. The minimum Gasteiger partial charge on any atom is -0.352 e. The topological polar surface area (TPSA) is 41.1 Å². The molecule has 1 aliphatic carbocycles. The Morgan fingerprint density at radius 1 is 1.24 bits per heavy atom. The highest BCUT2D eigenvalue weighted by molar-refractivity contribution is 5.85. The van der Waals surface area contributed by atoms with Crippen molar-refractivity contribution in [3.63, 3.8) is 0 Å². The van der Waals surface area contributed by atoms with Crippen LogP contribution in [0.3, 0.4) is 0 Å². The Kier molecular flexibility index (Phi) is 3.69. The Morgan fingerprint density at radius 2 is 1.94 bits per heavy atom. The third-order valence-electron chi connectivity index (χ3n) is 3.32. The van der Waals surface area contributed by atoms with Gasteiger partial charge in [0.2, 0.25) is 5.91 Å². The molecule has 0 aromatic heterocycles. The molecule has 3 rings (SSSR count). The van der Waals surface area contributed by atoms with Crippen molar-refractivity contribution < 1.29 is 4.79 Å². The fourth-order valence-electron chi connectivity index (χ4n) is 2.17. The van der Waals surface area contributed by atoms with Gasteiger partial charge in [0.05, 0.1) is 6.04 Å². The molecule has 17 heavy (non-hydrogen) atoms. The Morgan fingerprint density at radius 3 is 2.65 bits per heavy atom. The quantitative estimate of drug-likeness (QED) is 0.836. The summed E-state index contributed by atoms with van der Waals surface area (Å²) in [6.07, 6.45) is 3.11. The van der Waals surface area contributed by atoms with E-state index in [0.29, 0.717) is 6.04 Å². The lowest BCUT2D eigenvalue weighted by Crippen LogP contribution is -2.48. The van der Waals surface area contributed by atoms with Crippen LogP contribution < -0.4 is 10.6 Å². The zero-order chi connectivity index (χ0) is 11.0. The second kappa shape index (κ2) is 5.07. The fourth-order valence-corrected chi connectivity index (χ4v) is 2.17. The summed E-state index contributed by atoms with van der Waals surface area (Å²) in [4.78, 5) is 11.9. The van der Waals surface area contributed by atoms with Crippen molar-refractivity contribution in [2.24, 2.45) is 0 Å². The molecule has 1 atom stereocenters. The minimum absolute atomic E-state index is 0.